The van der Waals surface area contributed by atoms with Crippen LogP contribution < -0.4 is 5.32 Å². The second-order valence-corrected chi connectivity index (χ2v) is 5.65. The van der Waals surface area contributed by atoms with E-state index in [2.05, 4.69) is 28.2 Å². The Balaban J connectivity index is 2.54. The maximum atomic E-state index is 14.2. The summed E-state index contributed by atoms with van der Waals surface area (Å²) >= 11 is 9.27. The Morgan fingerprint density at radius 1 is 1.42 bits per heavy atom. The zero-order valence-corrected chi connectivity index (χ0v) is 13.3. The minimum atomic E-state index is -0.401. The van der Waals surface area contributed by atoms with Gasteiger partial charge in [-0.3, -0.25) is 0 Å². The maximum absolute atomic E-state index is 14.2. The Morgan fingerprint density at radius 3 is 2.79 bits per heavy atom. The molecule has 0 amide bonds. The highest BCUT2D eigenvalue weighted by Crippen LogP contribution is 2.37. The van der Waals surface area contributed by atoms with Crippen molar-refractivity contribution in [3.8, 4) is 0 Å². The van der Waals surface area contributed by atoms with Gasteiger partial charge in [-0.15, -0.1) is 0 Å². The first kappa shape index (κ1) is 14.8. The van der Waals surface area contributed by atoms with E-state index in [1.165, 1.54) is 6.07 Å². The van der Waals surface area contributed by atoms with Crippen LogP contribution in [0.5, 0.6) is 0 Å². The van der Waals surface area contributed by atoms with E-state index in [0.29, 0.717) is 28.4 Å². The summed E-state index contributed by atoms with van der Waals surface area (Å²) in [6.07, 6.45) is 1.76. The number of rotatable bonds is 5. The van der Waals surface area contributed by atoms with Crippen LogP contribution in [0, 0.1) is 5.82 Å². The van der Waals surface area contributed by atoms with Crippen LogP contribution in [0.4, 0.5) is 4.39 Å². The van der Waals surface area contributed by atoms with Gasteiger partial charge in [-0.2, -0.15) is 0 Å². The SMILES string of the molecule is CCCNCc1oc2c(Br)cc(Cl)c(F)c2c1CC. The number of halogens is 3. The second kappa shape index (κ2) is 6.25. The number of hydrogen-bond donors (Lipinski definition) is 1. The maximum Gasteiger partial charge on any atom is 0.153 e. The van der Waals surface area contributed by atoms with Crippen LogP contribution in [0.1, 0.15) is 31.6 Å². The molecule has 0 saturated carbocycles. The molecule has 0 aliphatic rings. The first-order valence-electron chi connectivity index (χ1n) is 6.38. The normalized spacial score (nSPS) is 11.4. The predicted octanol–water partition coefficient (Wildman–Crippen LogP) is 5.05. The van der Waals surface area contributed by atoms with Gasteiger partial charge in [-0.1, -0.05) is 25.4 Å². The lowest BCUT2D eigenvalue weighted by atomic mass is 10.1. The predicted molar refractivity (Wildman–Crippen MR) is 80.3 cm³/mol. The van der Waals surface area contributed by atoms with Crippen molar-refractivity contribution >= 4 is 38.5 Å². The average molecular weight is 349 g/mol. The van der Waals surface area contributed by atoms with Crippen LogP contribution in [-0.4, -0.2) is 6.54 Å². The van der Waals surface area contributed by atoms with Gasteiger partial charge in [0.05, 0.1) is 21.4 Å². The van der Waals surface area contributed by atoms with E-state index in [-0.39, 0.29) is 5.02 Å². The van der Waals surface area contributed by atoms with Crippen LogP contribution in [0.3, 0.4) is 0 Å². The molecular formula is C14H16BrClFNO. The molecule has 0 unspecified atom stereocenters. The van der Waals surface area contributed by atoms with Gasteiger partial charge in [0.1, 0.15) is 5.76 Å². The molecule has 1 N–H and O–H groups in total. The van der Waals surface area contributed by atoms with Crippen molar-refractivity contribution < 1.29 is 8.81 Å². The lowest BCUT2D eigenvalue weighted by molar-refractivity contribution is 0.507. The van der Waals surface area contributed by atoms with E-state index < -0.39 is 5.82 Å². The van der Waals surface area contributed by atoms with Gasteiger partial charge in [0.2, 0.25) is 0 Å². The van der Waals surface area contributed by atoms with Crippen molar-refractivity contribution in [3.63, 3.8) is 0 Å². The number of fused-ring (bicyclic) bond motifs is 1. The van der Waals surface area contributed by atoms with Gasteiger partial charge in [0.25, 0.3) is 0 Å². The molecule has 2 aromatic rings. The number of benzene rings is 1. The second-order valence-electron chi connectivity index (χ2n) is 4.39. The number of hydrogen-bond acceptors (Lipinski definition) is 2. The smallest absolute Gasteiger partial charge is 0.153 e. The Bertz CT molecular complexity index is 597. The zero-order valence-electron chi connectivity index (χ0n) is 10.9. The number of furan rings is 1. The van der Waals surface area contributed by atoms with Crippen molar-refractivity contribution in [2.45, 2.75) is 33.2 Å². The fourth-order valence-corrected chi connectivity index (χ4v) is 3.01. The zero-order chi connectivity index (χ0) is 14.0. The topological polar surface area (TPSA) is 25.2 Å². The van der Waals surface area contributed by atoms with Crippen LogP contribution in [0.15, 0.2) is 15.0 Å². The summed E-state index contributed by atoms with van der Waals surface area (Å²) in [5, 5.41) is 3.89. The molecule has 19 heavy (non-hydrogen) atoms. The Labute approximate surface area is 125 Å². The molecule has 5 heteroatoms. The van der Waals surface area contributed by atoms with E-state index in [1.54, 1.807) is 0 Å². The Kier molecular flexibility index (Phi) is 4.87. The summed E-state index contributed by atoms with van der Waals surface area (Å²) in [6.45, 7) is 5.60. The van der Waals surface area contributed by atoms with Crippen molar-refractivity contribution in [2.75, 3.05) is 6.54 Å². The molecule has 0 fully saturated rings. The lowest BCUT2D eigenvalue weighted by Crippen LogP contribution is -2.14. The summed E-state index contributed by atoms with van der Waals surface area (Å²) in [4.78, 5) is 0. The average Bonchev–Trinajstić information content (AvgIpc) is 2.75. The monoisotopic (exact) mass is 347 g/mol. The van der Waals surface area contributed by atoms with E-state index in [4.69, 9.17) is 16.0 Å². The third-order valence-corrected chi connectivity index (χ3v) is 3.92. The summed E-state index contributed by atoms with van der Waals surface area (Å²) in [5.41, 5.74) is 1.42. The fourth-order valence-electron chi connectivity index (χ4n) is 2.17. The van der Waals surface area contributed by atoms with E-state index in [1.807, 2.05) is 6.92 Å². The highest BCUT2D eigenvalue weighted by Gasteiger charge is 2.20. The molecule has 0 saturated heterocycles. The summed E-state index contributed by atoms with van der Waals surface area (Å²) in [7, 11) is 0. The van der Waals surface area contributed by atoms with Crippen molar-refractivity contribution in [1.82, 2.24) is 5.32 Å². The first-order chi connectivity index (χ1) is 9.10. The number of aryl methyl sites for hydroxylation is 1. The van der Waals surface area contributed by atoms with E-state index >= 15 is 0 Å². The minimum absolute atomic E-state index is 0.114. The Hall–Kier alpha value is -0.580. The van der Waals surface area contributed by atoms with Crippen LogP contribution in [0.25, 0.3) is 11.0 Å². The molecule has 0 spiro atoms. The molecule has 0 bridgehead atoms. The van der Waals surface area contributed by atoms with Crippen LogP contribution in [-0.2, 0) is 13.0 Å². The molecule has 1 heterocycles. The minimum Gasteiger partial charge on any atom is -0.458 e. The largest absolute Gasteiger partial charge is 0.458 e. The van der Waals surface area contributed by atoms with Crippen molar-refractivity contribution in [3.05, 3.63) is 32.7 Å². The molecule has 0 aliphatic carbocycles. The van der Waals surface area contributed by atoms with Gasteiger partial charge in [-0.05, 0) is 41.4 Å². The molecule has 0 radical (unpaired) electrons. The van der Waals surface area contributed by atoms with Gasteiger partial charge in [0.15, 0.2) is 11.4 Å². The van der Waals surface area contributed by atoms with Gasteiger partial charge >= 0.3 is 0 Å². The van der Waals surface area contributed by atoms with Crippen molar-refractivity contribution in [1.29, 1.82) is 0 Å². The Morgan fingerprint density at radius 2 is 2.16 bits per heavy atom. The molecule has 0 atom stereocenters. The quantitative estimate of drug-likeness (QED) is 0.604. The highest BCUT2D eigenvalue weighted by atomic mass is 79.9. The van der Waals surface area contributed by atoms with Crippen molar-refractivity contribution in [2.24, 2.45) is 0 Å². The summed E-state index contributed by atoms with van der Waals surface area (Å²) in [6, 6.07) is 1.53. The molecule has 2 rings (SSSR count). The van der Waals surface area contributed by atoms with Gasteiger partial charge in [-0.25, -0.2) is 4.39 Å². The van der Waals surface area contributed by atoms with Gasteiger partial charge in [0, 0.05) is 5.56 Å². The van der Waals surface area contributed by atoms with Gasteiger partial charge < -0.3 is 9.73 Å². The summed E-state index contributed by atoms with van der Waals surface area (Å²) < 4.78 is 20.7. The first-order valence-corrected chi connectivity index (χ1v) is 7.55. The van der Waals surface area contributed by atoms with Crippen LogP contribution >= 0.6 is 27.5 Å². The highest BCUT2D eigenvalue weighted by molar-refractivity contribution is 9.10. The van der Waals surface area contributed by atoms with E-state index in [9.17, 15) is 4.39 Å². The lowest BCUT2D eigenvalue weighted by Gasteiger charge is -2.02. The molecule has 104 valence electrons. The van der Waals surface area contributed by atoms with Crippen LogP contribution in [0.2, 0.25) is 5.02 Å². The molecule has 1 aromatic carbocycles. The van der Waals surface area contributed by atoms with E-state index in [0.717, 1.165) is 24.3 Å². The summed E-state index contributed by atoms with van der Waals surface area (Å²) in [5.74, 6) is 0.384. The molecular weight excluding hydrogens is 333 g/mol. The molecule has 0 aliphatic heterocycles. The third-order valence-electron chi connectivity index (χ3n) is 3.06. The molecule has 2 nitrogen and oxygen atoms in total. The third kappa shape index (κ3) is 2.81. The standard InChI is InChI=1S/C14H16BrClFNO/c1-3-5-18-7-11-8(4-2)12-13(17)10(16)6-9(15)14(12)19-11/h6,18H,3-5,7H2,1-2H3. The fraction of sp³-hybridized carbons (Fsp3) is 0.429. The molecule has 1 aromatic heterocycles. The number of nitrogens with one attached hydrogen (secondary N) is 1.